The molecule has 0 spiro atoms. The third kappa shape index (κ3) is 6.94. The van der Waals surface area contributed by atoms with Gasteiger partial charge in [-0.25, -0.2) is 0 Å². The van der Waals surface area contributed by atoms with Crippen LogP contribution in [-0.4, -0.2) is 111 Å². The SMILES string of the molecule is COc1ccccc1COCC(O)CN1CCN(C(=O)CN2CCOCC2)CC1. The van der Waals surface area contributed by atoms with Crippen LogP contribution < -0.4 is 4.74 Å². The number of nitrogens with zero attached hydrogens (tertiary/aromatic N) is 3. The van der Waals surface area contributed by atoms with Gasteiger partial charge in [0.1, 0.15) is 5.75 Å². The Morgan fingerprint density at radius 3 is 2.55 bits per heavy atom. The summed E-state index contributed by atoms with van der Waals surface area (Å²) in [6, 6.07) is 7.72. The van der Waals surface area contributed by atoms with Gasteiger partial charge in [-0.3, -0.25) is 14.6 Å². The second-order valence-electron chi connectivity index (χ2n) is 7.55. The van der Waals surface area contributed by atoms with E-state index in [2.05, 4.69) is 9.80 Å². The van der Waals surface area contributed by atoms with E-state index in [1.165, 1.54) is 0 Å². The van der Waals surface area contributed by atoms with E-state index in [0.717, 1.165) is 37.5 Å². The number of para-hydroxylation sites is 1. The molecule has 0 saturated carbocycles. The molecule has 8 heteroatoms. The van der Waals surface area contributed by atoms with Gasteiger partial charge in [0.15, 0.2) is 0 Å². The van der Waals surface area contributed by atoms with E-state index in [1.54, 1.807) is 7.11 Å². The van der Waals surface area contributed by atoms with Gasteiger partial charge in [0.05, 0.1) is 46.2 Å². The van der Waals surface area contributed by atoms with Crippen LogP contribution in [0.3, 0.4) is 0 Å². The van der Waals surface area contributed by atoms with Crippen molar-refractivity contribution in [2.45, 2.75) is 12.7 Å². The lowest BCUT2D eigenvalue weighted by Gasteiger charge is -2.37. The number of amides is 1. The first-order chi connectivity index (χ1) is 14.2. The highest BCUT2D eigenvalue weighted by Crippen LogP contribution is 2.18. The van der Waals surface area contributed by atoms with E-state index in [1.807, 2.05) is 29.2 Å². The zero-order chi connectivity index (χ0) is 20.5. The van der Waals surface area contributed by atoms with Crippen LogP contribution in [0.1, 0.15) is 5.56 Å². The normalized spacial score (nSPS) is 19.9. The fourth-order valence-corrected chi connectivity index (χ4v) is 3.71. The van der Waals surface area contributed by atoms with Crippen molar-refractivity contribution in [1.29, 1.82) is 0 Å². The van der Waals surface area contributed by atoms with Crippen molar-refractivity contribution in [2.24, 2.45) is 0 Å². The number of methoxy groups -OCH3 is 1. The molecule has 1 N–H and O–H groups in total. The number of ether oxygens (including phenoxy) is 3. The molecule has 1 amide bonds. The van der Waals surface area contributed by atoms with Gasteiger partial charge in [0.2, 0.25) is 5.91 Å². The van der Waals surface area contributed by atoms with Gasteiger partial charge in [0.25, 0.3) is 0 Å². The lowest BCUT2D eigenvalue weighted by atomic mass is 10.2. The number of β-amino-alcohol motifs (C(OH)–C–C–N with tert-alkyl or cyclic N) is 1. The smallest absolute Gasteiger partial charge is 0.236 e. The molecular weight excluding hydrogens is 374 g/mol. The van der Waals surface area contributed by atoms with Crippen LogP contribution in [0.2, 0.25) is 0 Å². The van der Waals surface area contributed by atoms with Crippen molar-refractivity contribution in [2.75, 3.05) is 79.3 Å². The van der Waals surface area contributed by atoms with Crippen molar-refractivity contribution in [3.63, 3.8) is 0 Å². The standard InChI is InChI=1S/C21H33N3O5/c1-27-20-5-3-2-4-18(20)16-29-17-19(25)14-22-6-8-24(9-7-22)21(26)15-23-10-12-28-13-11-23/h2-5,19,25H,6-17H2,1H3. The second-order valence-corrected chi connectivity index (χ2v) is 7.55. The number of carbonyl (C=O) groups excluding carboxylic acids is 1. The fraction of sp³-hybridized carbons (Fsp3) is 0.667. The average Bonchev–Trinajstić information content (AvgIpc) is 2.75. The van der Waals surface area contributed by atoms with E-state index < -0.39 is 6.10 Å². The van der Waals surface area contributed by atoms with Crippen molar-refractivity contribution in [3.8, 4) is 5.75 Å². The second kappa shape index (κ2) is 11.5. The first-order valence-corrected chi connectivity index (χ1v) is 10.3. The largest absolute Gasteiger partial charge is 0.496 e. The molecule has 1 atom stereocenters. The van der Waals surface area contributed by atoms with Gasteiger partial charge in [-0.15, -0.1) is 0 Å². The number of aliphatic hydroxyl groups excluding tert-OH is 1. The van der Waals surface area contributed by atoms with Crippen LogP contribution in [-0.2, 0) is 20.9 Å². The van der Waals surface area contributed by atoms with Gasteiger partial charge in [0, 0.05) is 51.4 Å². The summed E-state index contributed by atoms with van der Waals surface area (Å²) in [5.74, 6) is 0.979. The van der Waals surface area contributed by atoms with Crippen molar-refractivity contribution in [1.82, 2.24) is 14.7 Å². The zero-order valence-corrected chi connectivity index (χ0v) is 17.3. The Hall–Kier alpha value is -1.71. The molecule has 0 radical (unpaired) electrons. The minimum absolute atomic E-state index is 0.187. The first kappa shape index (κ1) is 22.0. The molecule has 0 bridgehead atoms. The fourth-order valence-electron chi connectivity index (χ4n) is 3.71. The Labute approximate surface area is 172 Å². The molecule has 162 valence electrons. The Morgan fingerprint density at radius 2 is 1.83 bits per heavy atom. The minimum atomic E-state index is -0.555. The maximum atomic E-state index is 12.5. The highest BCUT2D eigenvalue weighted by Gasteiger charge is 2.24. The van der Waals surface area contributed by atoms with Gasteiger partial charge < -0.3 is 24.2 Å². The van der Waals surface area contributed by atoms with Crippen LogP contribution in [0.4, 0.5) is 0 Å². The van der Waals surface area contributed by atoms with E-state index in [0.29, 0.717) is 46.0 Å². The molecule has 8 nitrogen and oxygen atoms in total. The molecule has 2 aliphatic rings. The predicted molar refractivity (Wildman–Crippen MR) is 109 cm³/mol. The third-order valence-corrected chi connectivity index (χ3v) is 5.42. The highest BCUT2D eigenvalue weighted by atomic mass is 16.5. The summed E-state index contributed by atoms with van der Waals surface area (Å²) in [5.41, 5.74) is 0.967. The number of carbonyl (C=O) groups is 1. The molecule has 1 unspecified atom stereocenters. The number of piperazine rings is 1. The van der Waals surface area contributed by atoms with Crippen LogP contribution in [0.15, 0.2) is 24.3 Å². The third-order valence-electron chi connectivity index (χ3n) is 5.42. The molecule has 2 saturated heterocycles. The van der Waals surface area contributed by atoms with Crippen molar-refractivity contribution < 1.29 is 24.1 Å². The van der Waals surface area contributed by atoms with Crippen LogP contribution in [0, 0.1) is 0 Å². The zero-order valence-electron chi connectivity index (χ0n) is 17.3. The van der Waals surface area contributed by atoms with Gasteiger partial charge in [-0.05, 0) is 6.07 Å². The summed E-state index contributed by atoms with van der Waals surface area (Å²) in [5, 5.41) is 10.3. The molecule has 2 aliphatic heterocycles. The molecular formula is C21H33N3O5. The predicted octanol–water partition coefficient (Wildman–Crippen LogP) is 0.0491. The number of hydrogen-bond donors (Lipinski definition) is 1. The minimum Gasteiger partial charge on any atom is -0.496 e. The molecule has 0 aliphatic carbocycles. The van der Waals surface area contributed by atoms with E-state index in [-0.39, 0.29) is 12.5 Å². The first-order valence-electron chi connectivity index (χ1n) is 10.3. The van der Waals surface area contributed by atoms with E-state index in [4.69, 9.17) is 14.2 Å². The number of rotatable bonds is 9. The monoisotopic (exact) mass is 407 g/mol. The Balaban J connectivity index is 1.32. The van der Waals surface area contributed by atoms with Crippen LogP contribution in [0.5, 0.6) is 5.75 Å². The topological polar surface area (TPSA) is 74.7 Å². The molecule has 2 fully saturated rings. The Kier molecular flexibility index (Phi) is 8.69. The summed E-state index contributed by atoms with van der Waals surface area (Å²) in [6.07, 6.45) is -0.555. The van der Waals surface area contributed by atoms with E-state index >= 15 is 0 Å². The molecule has 29 heavy (non-hydrogen) atoms. The van der Waals surface area contributed by atoms with Crippen LogP contribution in [0.25, 0.3) is 0 Å². The summed E-state index contributed by atoms with van der Waals surface area (Å²) < 4.78 is 16.3. The number of benzene rings is 1. The quantitative estimate of drug-likeness (QED) is 0.620. The molecule has 0 aromatic heterocycles. The molecule has 1 aromatic carbocycles. The average molecular weight is 408 g/mol. The lowest BCUT2D eigenvalue weighted by molar-refractivity contribution is -0.135. The van der Waals surface area contributed by atoms with Gasteiger partial charge in [-0.1, -0.05) is 18.2 Å². The van der Waals surface area contributed by atoms with Gasteiger partial charge in [-0.2, -0.15) is 0 Å². The number of hydrogen-bond acceptors (Lipinski definition) is 7. The maximum Gasteiger partial charge on any atom is 0.236 e. The van der Waals surface area contributed by atoms with Crippen molar-refractivity contribution >= 4 is 5.91 Å². The highest BCUT2D eigenvalue weighted by molar-refractivity contribution is 5.78. The Morgan fingerprint density at radius 1 is 1.10 bits per heavy atom. The van der Waals surface area contributed by atoms with Gasteiger partial charge >= 0.3 is 0 Å². The maximum absolute atomic E-state index is 12.5. The number of aliphatic hydroxyl groups is 1. The summed E-state index contributed by atoms with van der Waals surface area (Å²) in [7, 11) is 1.64. The lowest BCUT2D eigenvalue weighted by Crippen LogP contribution is -2.53. The molecule has 1 aromatic rings. The summed E-state index contributed by atoms with van der Waals surface area (Å²) in [4.78, 5) is 18.7. The molecule has 2 heterocycles. The summed E-state index contributed by atoms with van der Waals surface area (Å²) in [6.45, 7) is 7.74. The summed E-state index contributed by atoms with van der Waals surface area (Å²) >= 11 is 0. The van der Waals surface area contributed by atoms with E-state index in [9.17, 15) is 9.90 Å². The van der Waals surface area contributed by atoms with Crippen molar-refractivity contribution in [3.05, 3.63) is 29.8 Å². The Bertz CT molecular complexity index is 630. The van der Waals surface area contributed by atoms with Crippen LogP contribution >= 0.6 is 0 Å². The molecule has 3 rings (SSSR count). The number of morpholine rings is 1.